The Kier molecular flexibility index (Phi) is 3.59. The van der Waals surface area contributed by atoms with Crippen LogP contribution in [-0.2, 0) is 14.3 Å². The molecular weight excluding hydrogens is 194 g/mol. The Balaban J connectivity index is 1.67. The highest BCUT2D eigenvalue weighted by Gasteiger charge is 2.27. The summed E-state index contributed by atoms with van der Waals surface area (Å²) in [6.07, 6.45) is 3.93. The van der Waals surface area contributed by atoms with Crippen molar-refractivity contribution in [3.05, 3.63) is 0 Å². The number of carbonyl (C=O) groups is 1. The van der Waals surface area contributed by atoms with Crippen molar-refractivity contribution in [2.24, 2.45) is 5.92 Å². The summed E-state index contributed by atoms with van der Waals surface area (Å²) >= 11 is 0. The van der Waals surface area contributed by atoms with E-state index in [1.807, 2.05) is 7.05 Å². The van der Waals surface area contributed by atoms with Crippen LogP contribution in [0.1, 0.15) is 25.7 Å². The van der Waals surface area contributed by atoms with Gasteiger partial charge in [0.25, 0.3) is 0 Å². The Hall–Kier alpha value is -0.610. The second kappa shape index (κ2) is 4.94. The average molecular weight is 213 g/mol. The van der Waals surface area contributed by atoms with E-state index in [4.69, 9.17) is 9.47 Å². The Morgan fingerprint density at radius 2 is 2.40 bits per heavy atom. The summed E-state index contributed by atoms with van der Waals surface area (Å²) in [5.41, 5.74) is 0. The number of nitrogens with zero attached hydrogens (tertiary/aromatic N) is 1. The molecule has 0 aromatic heterocycles. The number of rotatable bonds is 3. The molecule has 2 saturated heterocycles. The molecule has 0 radical (unpaired) electrons. The molecule has 4 heteroatoms. The smallest absolute Gasteiger partial charge is 0.222 e. The lowest BCUT2D eigenvalue weighted by Gasteiger charge is -2.23. The highest BCUT2D eigenvalue weighted by molar-refractivity contribution is 5.78. The van der Waals surface area contributed by atoms with E-state index in [-0.39, 0.29) is 12.2 Å². The molecule has 2 heterocycles. The monoisotopic (exact) mass is 213 g/mol. The van der Waals surface area contributed by atoms with Crippen molar-refractivity contribution in [1.29, 1.82) is 0 Å². The van der Waals surface area contributed by atoms with Crippen LogP contribution in [0.25, 0.3) is 0 Å². The van der Waals surface area contributed by atoms with E-state index in [9.17, 15) is 4.79 Å². The predicted octanol–water partition coefficient (Wildman–Crippen LogP) is 1.01. The summed E-state index contributed by atoms with van der Waals surface area (Å²) < 4.78 is 11.1. The maximum absolute atomic E-state index is 11.3. The molecule has 0 aromatic rings. The molecule has 86 valence electrons. The standard InChI is InChI=1S/C11H19NO3/c1-12-7-9(6-10(12)13)8-15-11-4-2-3-5-14-11/h9,11H,2-8H2,1H3. The number of amides is 1. The van der Waals surface area contributed by atoms with Gasteiger partial charge in [0.1, 0.15) is 0 Å². The maximum Gasteiger partial charge on any atom is 0.222 e. The molecule has 2 unspecified atom stereocenters. The van der Waals surface area contributed by atoms with Gasteiger partial charge in [0.15, 0.2) is 6.29 Å². The summed E-state index contributed by atoms with van der Waals surface area (Å²) in [5, 5.41) is 0. The van der Waals surface area contributed by atoms with Gasteiger partial charge >= 0.3 is 0 Å². The normalized spacial score (nSPS) is 32.3. The van der Waals surface area contributed by atoms with Crippen LogP contribution in [0.5, 0.6) is 0 Å². The fraction of sp³-hybridized carbons (Fsp3) is 0.909. The van der Waals surface area contributed by atoms with Crippen molar-refractivity contribution in [1.82, 2.24) is 4.90 Å². The number of hydrogen-bond acceptors (Lipinski definition) is 3. The number of hydrogen-bond donors (Lipinski definition) is 0. The minimum Gasteiger partial charge on any atom is -0.353 e. The Morgan fingerprint density at radius 1 is 1.53 bits per heavy atom. The fourth-order valence-corrected chi connectivity index (χ4v) is 2.15. The zero-order valence-electron chi connectivity index (χ0n) is 9.28. The second-order valence-electron chi connectivity index (χ2n) is 4.47. The molecule has 0 aliphatic carbocycles. The van der Waals surface area contributed by atoms with E-state index in [0.29, 0.717) is 18.9 Å². The molecule has 2 fully saturated rings. The molecule has 2 atom stereocenters. The topological polar surface area (TPSA) is 38.8 Å². The quantitative estimate of drug-likeness (QED) is 0.702. The first-order valence-corrected chi connectivity index (χ1v) is 5.73. The van der Waals surface area contributed by atoms with Crippen molar-refractivity contribution >= 4 is 5.91 Å². The third kappa shape index (κ3) is 2.92. The van der Waals surface area contributed by atoms with Gasteiger partial charge in [-0.2, -0.15) is 0 Å². The lowest BCUT2D eigenvalue weighted by atomic mass is 10.1. The Labute approximate surface area is 90.5 Å². The van der Waals surface area contributed by atoms with Crippen LogP contribution in [0, 0.1) is 5.92 Å². The molecule has 0 saturated carbocycles. The Morgan fingerprint density at radius 3 is 3.00 bits per heavy atom. The molecule has 1 amide bonds. The molecule has 2 aliphatic heterocycles. The maximum atomic E-state index is 11.3. The van der Waals surface area contributed by atoms with Crippen molar-refractivity contribution in [2.75, 3.05) is 26.8 Å². The zero-order valence-corrected chi connectivity index (χ0v) is 9.28. The number of ether oxygens (including phenoxy) is 2. The van der Waals surface area contributed by atoms with Gasteiger partial charge in [0.2, 0.25) is 5.91 Å². The van der Waals surface area contributed by atoms with Gasteiger partial charge in [-0.25, -0.2) is 0 Å². The van der Waals surface area contributed by atoms with E-state index in [0.717, 1.165) is 26.0 Å². The van der Waals surface area contributed by atoms with Gasteiger partial charge in [-0.05, 0) is 19.3 Å². The van der Waals surface area contributed by atoms with Gasteiger partial charge in [-0.1, -0.05) is 0 Å². The molecule has 0 bridgehead atoms. The van der Waals surface area contributed by atoms with E-state index in [1.165, 1.54) is 6.42 Å². The average Bonchev–Trinajstić information content (AvgIpc) is 2.57. The largest absolute Gasteiger partial charge is 0.353 e. The van der Waals surface area contributed by atoms with Crippen molar-refractivity contribution in [2.45, 2.75) is 32.0 Å². The first-order chi connectivity index (χ1) is 7.25. The van der Waals surface area contributed by atoms with Gasteiger partial charge in [0.05, 0.1) is 6.61 Å². The molecule has 4 nitrogen and oxygen atoms in total. The first kappa shape index (κ1) is 10.9. The third-order valence-electron chi connectivity index (χ3n) is 3.08. The molecule has 0 spiro atoms. The van der Waals surface area contributed by atoms with Gasteiger partial charge in [-0.15, -0.1) is 0 Å². The number of likely N-dealkylation sites (tertiary alicyclic amines) is 1. The summed E-state index contributed by atoms with van der Waals surface area (Å²) in [4.78, 5) is 13.0. The van der Waals surface area contributed by atoms with Crippen LogP contribution < -0.4 is 0 Å². The highest BCUT2D eigenvalue weighted by atomic mass is 16.7. The van der Waals surface area contributed by atoms with Crippen LogP contribution in [-0.4, -0.2) is 43.9 Å². The van der Waals surface area contributed by atoms with Crippen molar-refractivity contribution < 1.29 is 14.3 Å². The molecular formula is C11H19NO3. The Bertz CT molecular complexity index is 226. The second-order valence-corrected chi connectivity index (χ2v) is 4.47. The highest BCUT2D eigenvalue weighted by Crippen LogP contribution is 2.19. The van der Waals surface area contributed by atoms with Crippen molar-refractivity contribution in [3.63, 3.8) is 0 Å². The first-order valence-electron chi connectivity index (χ1n) is 5.73. The van der Waals surface area contributed by atoms with Crippen LogP contribution in [0.15, 0.2) is 0 Å². The lowest BCUT2D eigenvalue weighted by Crippen LogP contribution is -2.26. The minimum absolute atomic E-state index is 0.0280. The minimum atomic E-state index is -0.0280. The molecule has 0 N–H and O–H groups in total. The summed E-state index contributed by atoms with van der Waals surface area (Å²) in [7, 11) is 1.85. The van der Waals surface area contributed by atoms with Crippen LogP contribution >= 0.6 is 0 Å². The van der Waals surface area contributed by atoms with Crippen molar-refractivity contribution in [3.8, 4) is 0 Å². The number of carbonyl (C=O) groups excluding carboxylic acids is 1. The zero-order chi connectivity index (χ0) is 10.7. The van der Waals surface area contributed by atoms with Crippen LogP contribution in [0.2, 0.25) is 0 Å². The predicted molar refractivity (Wildman–Crippen MR) is 55.3 cm³/mol. The summed E-state index contributed by atoms with van der Waals surface area (Å²) in [6, 6.07) is 0. The third-order valence-corrected chi connectivity index (χ3v) is 3.08. The summed E-state index contributed by atoms with van der Waals surface area (Å²) in [6.45, 7) is 2.29. The SMILES string of the molecule is CN1CC(COC2CCCCO2)CC1=O. The van der Waals surface area contributed by atoms with Gasteiger partial charge in [0, 0.05) is 32.5 Å². The van der Waals surface area contributed by atoms with E-state index in [1.54, 1.807) is 4.90 Å². The van der Waals surface area contributed by atoms with E-state index in [2.05, 4.69) is 0 Å². The van der Waals surface area contributed by atoms with E-state index < -0.39 is 0 Å². The molecule has 0 aromatic carbocycles. The van der Waals surface area contributed by atoms with Crippen LogP contribution in [0.3, 0.4) is 0 Å². The van der Waals surface area contributed by atoms with Gasteiger partial charge < -0.3 is 14.4 Å². The lowest BCUT2D eigenvalue weighted by molar-refractivity contribution is -0.168. The van der Waals surface area contributed by atoms with E-state index >= 15 is 0 Å². The van der Waals surface area contributed by atoms with Gasteiger partial charge in [-0.3, -0.25) is 4.79 Å². The molecule has 15 heavy (non-hydrogen) atoms. The fourth-order valence-electron chi connectivity index (χ4n) is 2.15. The van der Waals surface area contributed by atoms with Crippen LogP contribution in [0.4, 0.5) is 0 Å². The summed E-state index contributed by atoms with van der Waals surface area (Å²) in [5.74, 6) is 0.584. The molecule has 2 rings (SSSR count). The molecule has 2 aliphatic rings.